The molecule has 2 heterocycles. The van der Waals surface area contributed by atoms with Crippen LogP contribution in [0, 0.1) is 0 Å². The first-order chi connectivity index (χ1) is 13.5. The number of ether oxygens (including phenoxy) is 1. The number of pyridine rings is 1. The molecule has 0 atom stereocenters. The monoisotopic (exact) mass is 386 g/mol. The summed E-state index contributed by atoms with van der Waals surface area (Å²) >= 11 is 0. The number of amides is 1. The van der Waals surface area contributed by atoms with E-state index >= 15 is 0 Å². The molecular formula is C20H20F2N4O2. The Hall–Kier alpha value is -3.29. The summed E-state index contributed by atoms with van der Waals surface area (Å²) in [7, 11) is 0. The molecule has 0 unspecified atom stereocenters. The summed E-state index contributed by atoms with van der Waals surface area (Å²) in [5.41, 5.74) is 1.83. The lowest BCUT2D eigenvalue weighted by Gasteiger charge is -2.12. The van der Waals surface area contributed by atoms with Crippen LogP contribution >= 0.6 is 0 Å². The van der Waals surface area contributed by atoms with Crippen molar-refractivity contribution in [3.63, 3.8) is 0 Å². The minimum atomic E-state index is -2.89. The molecule has 0 aliphatic carbocycles. The third-order valence-electron chi connectivity index (χ3n) is 4.04. The van der Waals surface area contributed by atoms with Crippen LogP contribution in [0.3, 0.4) is 0 Å². The van der Waals surface area contributed by atoms with Crippen molar-refractivity contribution in [3.8, 4) is 11.6 Å². The quantitative estimate of drug-likeness (QED) is 0.668. The van der Waals surface area contributed by atoms with E-state index in [0.29, 0.717) is 16.9 Å². The van der Waals surface area contributed by atoms with E-state index in [-0.39, 0.29) is 24.1 Å². The van der Waals surface area contributed by atoms with Crippen molar-refractivity contribution in [1.29, 1.82) is 0 Å². The highest BCUT2D eigenvalue weighted by Gasteiger charge is 2.21. The van der Waals surface area contributed by atoms with Crippen molar-refractivity contribution in [3.05, 3.63) is 71.7 Å². The SMILES string of the molecule is CC(C)c1c(C(=O)NCc2cccc(OC(F)F)c2)cnn1-c1ccccn1. The summed E-state index contributed by atoms with van der Waals surface area (Å²) < 4.78 is 30.7. The molecule has 2 aromatic heterocycles. The van der Waals surface area contributed by atoms with Crippen molar-refractivity contribution >= 4 is 5.91 Å². The molecular weight excluding hydrogens is 366 g/mol. The standard InChI is InChI=1S/C20H20F2N4O2/c1-13(2)18-16(12-25-26(18)17-8-3-4-9-23-17)19(27)24-11-14-6-5-7-15(10-14)28-20(21)22/h3-10,12-13,20H,11H2,1-2H3,(H,24,27). The molecule has 0 saturated heterocycles. The number of alkyl halides is 2. The van der Waals surface area contributed by atoms with E-state index in [1.54, 1.807) is 23.0 Å². The number of hydrogen-bond donors (Lipinski definition) is 1. The van der Waals surface area contributed by atoms with Gasteiger partial charge in [-0.25, -0.2) is 9.67 Å². The Bertz CT molecular complexity index is 942. The average molecular weight is 386 g/mol. The lowest BCUT2D eigenvalue weighted by atomic mass is 10.1. The van der Waals surface area contributed by atoms with Crippen molar-refractivity contribution in [2.24, 2.45) is 0 Å². The number of nitrogens with zero attached hydrogens (tertiary/aromatic N) is 3. The zero-order valence-corrected chi connectivity index (χ0v) is 15.5. The van der Waals surface area contributed by atoms with Gasteiger partial charge in [-0.05, 0) is 35.7 Å². The normalized spacial score (nSPS) is 11.1. The summed E-state index contributed by atoms with van der Waals surface area (Å²) in [5.74, 6) is 0.411. The van der Waals surface area contributed by atoms with Gasteiger partial charge in [-0.2, -0.15) is 13.9 Å². The first-order valence-electron chi connectivity index (χ1n) is 8.77. The topological polar surface area (TPSA) is 69.0 Å². The zero-order chi connectivity index (χ0) is 20.1. The molecule has 146 valence electrons. The van der Waals surface area contributed by atoms with Gasteiger partial charge in [-0.15, -0.1) is 0 Å². The summed E-state index contributed by atoms with van der Waals surface area (Å²) in [5, 5.41) is 7.12. The maximum atomic E-state index is 12.7. The van der Waals surface area contributed by atoms with Gasteiger partial charge in [0.15, 0.2) is 5.82 Å². The Morgan fingerprint density at radius 1 is 1.21 bits per heavy atom. The molecule has 0 aliphatic heterocycles. The number of carbonyl (C=O) groups excluding carboxylic acids is 1. The highest BCUT2D eigenvalue weighted by Crippen LogP contribution is 2.22. The van der Waals surface area contributed by atoms with Gasteiger partial charge in [0.25, 0.3) is 5.91 Å². The molecule has 0 saturated carbocycles. The van der Waals surface area contributed by atoms with Gasteiger partial charge in [-0.3, -0.25) is 4.79 Å². The van der Waals surface area contributed by atoms with Gasteiger partial charge in [0.2, 0.25) is 0 Å². The number of carbonyl (C=O) groups is 1. The molecule has 3 aromatic rings. The van der Waals surface area contributed by atoms with Crippen LogP contribution < -0.4 is 10.1 Å². The molecule has 0 bridgehead atoms. The Morgan fingerprint density at radius 2 is 2.04 bits per heavy atom. The minimum Gasteiger partial charge on any atom is -0.435 e. The fraction of sp³-hybridized carbons (Fsp3) is 0.250. The largest absolute Gasteiger partial charge is 0.435 e. The molecule has 0 fully saturated rings. The molecule has 1 aromatic carbocycles. The van der Waals surface area contributed by atoms with Gasteiger partial charge in [-0.1, -0.05) is 32.0 Å². The predicted molar refractivity (Wildman–Crippen MR) is 99.7 cm³/mol. The zero-order valence-electron chi connectivity index (χ0n) is 15.5. The fourth-order valence-corrected chi connectivity index (χ4v) is 2.86. The Balaban J connectivity index is 1.77. The number of benzene rings is 1. The molecule has 6 nitrogen and oxygen atoms in total. The maximum Gasteiger partial charge on any atom is 0.387 e. The molecule has 0 aliphatic rings. The van der Waals surface area contributed by atoms with Crippen molar-refractivity contribution in [1.82, 2.24) is 20.1 Å². The lowest BCUT2D eigenvalue weighted by Crippen LogP contribution is -2.24. The van der Waals surface area contributed by atoms with Crippen LogP contribution in [0.4, 0.5) is 8.78 Å². The number of hydrogen-bond acceptors (Lipinski definition) is 4. The van der Waals surface area contributed by atoms with E-state index in [2.05, 4.69) is 20.1 Å². The Labute approximate surface area is 161 Å². The number of rotatable bonds is 7. The van der Waals surface area contributed by atoms with Gasteiger partial charge in [0.1, 0.15) is 5.75 Å². The molecule has 0 spiro atoms. The van der Waals surface area contributed by atoms with Gasteiger partial charge < -0.3 is 10.1 Å². The van der Waals surface area contributed by atoms with Crippen LogP contribution in [0.15, 0.2) is 54.9 Å². The van der Waals surface area contributed by atoms with Gasteiger partial charge >= 0.3 is 6.61 Å². The van der Waals surface area contributed by atoms with E-state index in [0.717, 1.165) is 5.69 Å². The number of halogens is 2. The summed E-state index contributed by atoms with van der Waals surface area (Å²) in [4.78, 5) is 17.0. The highest BCUT2D eigenvalue weighted by atomic mass is 19.3. The summed E-state index contributed by atoms with van der Waals surface area (Å²) in [6.07, 6.45) is 3.17. The lowest BCUT2D eigenvalue weighted by molar-refractivity contribution is -0.0498. The van der Waals surface area contributed by atoms with Crippen molar-refractivity contribution in [2.45, 2.75) is 32.9 Å². The van der Waals surface area contributed by atoms with Crippen LogP contribution in [0.2, 0.25) is 0 Å². The van der Waals surface area contributed by atoms with Crippen molar-refractivity contribution in [2.75, 3.05) is 0 Å². The summed E-state index contributed by atoms with van der Waals surface area (Å²) in [6.45, 7) is 1.22. The van der Waals surface area contributed by atoms with Gasteiger partial charge in [0, 0.05) is 12.7 Å². The molecule has 8 heteroatoms. The highest BCUT2D eigenvalue weighted by molar-refractivity contribution is 5.95. The third kappa shape index (κ3) is 4.51. The van der Waals surface area contributed by atoms with Crippen LogP contribution in [0.1, 0.15) is 41.4 Å². The number of aromatic nitrogens is 3. The average Bonchev–Trinajstić information content (AvgIpc) is 3.12. The van der Waals surface area contributed by atoms with Crippen LogP contribution in [0.25, 0.3) is 5.82 Å². The molecule has 3 rings (SSSR count). The van der Waals surface area contributed by atoms with Crippen LogP contribution in [-0.2, 0) is 6.54 Å². The second-order valence-corrected chi connectivity index (χ2v) is 6.41. The Kier molecular flexibility index (Phi) is 5.98. The van der Waals surface area contributed by atoms with Crippen LogP contribution in [0.5, 0.6) is 5.75 Å². The first-order valence-corrected chi connectivity index (χ1v) is 8.77. The molecule has 28 heavy (non-hydrogen) atoms. The fourth-order valence-electron chi connectivity index (χ4n) is 2.86. The smallest absolute Gasteiger partial charge is 0.387 e. The van der Waals surface area contributed by atoms with Gasteiger partial charge in [0.05, 0.1) is 17.5 Å². The van der Waals surface area contributed by atoms with Crippen molar-refractivity contribution < 1.29 is 18.3 Å². The maximum absolute atomic E-state index is 12.7. The van der Waals surface area contributed by atoms with E-state index in [1.807, 2.05) is 32.0 Å². The van der Waals surface area contributed by atoms with E-state index in [9.17, 15) is 13.6 Å². The molecule has 0 radical (unpaired) electrons. The number of nitrogens with one attached hydrogen (secondary N) is 1. The van der Waals surface area contributed by atoms with Crippen LogP contribution in [-0.4, -0.2) is 27.3 Å². The summed E-state index contributed by atoms with van der Waals surface area (Å²) in [6, 6.07) is 11.7. The Morgan fingerprint density at radius 3 is 2.71 bits per heavy atom. The first kappa shape index (κ1) is 19.5. The van der Waals surface area contributed by atoms with E-state index < -0.39 is 6.61 Å². The second kappa shape index (κ2) is 8.60. The van der Waals surface area contributed by atoms with E-state index in [4.69, 9.17) is 0 Å². The van der Waals surface area contributed by atoms with E-state index in [1.165, 1.54) is 18.3 Å². The minimum absolute atomic E-state index is 0.0352. The third-order valence-corrected chi connectivity index (χ3v) is 4.04. The molecule has 1 amide bonds. The second-order valence-electron chi connectivity index (χ2n) is 6.41. The predicted octanol–water partition coefficient (Wildman–Crippen LogP) is 3.92. The molecule has 1 N–H and O–H groups in total.